The summed E-state index contributed by atoms with van der Waals surface area (Å²) in [4.78, 5) is 10.7. The van der Waals surface area contributed by atoms with Crippen LogP contribution in [0.3, 0.4) is 0 Å². The van der Waals surface area contributed by atoms with E-state index in [0.717, 1.165) is 12.8 Å². The van der Waals surface area contributed by atoms with Gasteiger partial charge in [-0.2, -0.15) is 0 Å². The van der Waals surface area contributed by atoms with Gasteiger partial charge in [0, 0.05) is 25.8 Å². The molecule has 0 aromatic carbocycles. The van der Waals surface area contributed by atoms with Gasteiger partial charge < -0.3 is 15.2 Å². The van der Waals surface area contributed by atoms with E-state index >= 15 is 0 Å². The molecular formula is C8H16N2O2. The third-order valence-corrected chi connectivity index (χ3v) is 2.31. The van der Waals surface area contributed by atoms with Crippen LogP contribution in [0.4, 0.5) is 0 Å². The van der Waals surface area contributed by atoms with Crippen molar-refractivity contribution >= 4 is 5.91 Å². The monoisotopic (exact) mass is 172 g/mol. The molecule has 1 rings (SSSR count). The molecule has 0 aromatic rings. The van der Waals surface area contributed by atoms with Crippen molar-refractivity contribution in [2.24, 2.45) is 0 Å². The number of hydroxylamine groups is 3. The zero-order valence-corrected chi connectivity index (χ0v) is 7.67. The summed E-state index contributed by atoms with van der Waals surface area (Å²) in [7, 11) is 1.68. The van der Waals surface area contributed by atoms with Crippen molar-refractivity contribution in [1.29, 1.82) is 0 Å². The molecule has 0 radical (unpaired) electrons. The fourth-order valence-electron chi connectivity index (χ4n) is 1.55. The van der Waals surface area contributed by atoms with Crippen molar-refractivity contribution in [3.05, 3.63) is 5.21 Å². The van der Waals surface area contributed by atoms with E-state index in [1.807, 2.05) is 0 Å². The molecule has 4 heteroatoms. The summed E-state index contributed by atoms with van der Waals surface area (Å²) in [6, 6.07) is 0.225. The summed E-state index contributed by atoms with van der Waals surface area (Å²) >= 11 is 0. The smallest absolute Gasteiger partial charge is 0.217 e. The molecule has 1 aliphatic rings. The molecule has 1 heterocycles. The van der Waals surface area contributed by atoms with E-state index in [2.05, 4.69) is 5.32 Å². The Balaban J connectivity index is 2.31. The number of quaternary nitrogens is 1. The highest BCUT2D eigenvalue weighted by atomic mass is 16.5. The lowest BCUT2D eigenvalue weighted by Crippen LogP contribution is -2.50. The van der Waals surface area contributed by atoms with E-state index in [1.165, 1.54) is 6.92 Å². The van der Waals surface area contributed by atoms with Crippen LogP contribution in [0, 0.1) is 5.21 Å². The molecule has 1 N–H and O–H groups in total. The highest BCUT2D eigenvalue weighted by molar-refractivity contribution is 5.73. The van der Waals surface area contributed by atoms with Gasteiger partial charge in [0.2, 0.25) is 5.91 Å². The summed E-state index contributed by atoms with van der Waals surface area (Å²) in [5.74, 6) is 0.00185. The number of carbonyl (C=O) groups excluding carboxylic acids is 1. The number of likely N-dealkylation sites (tertiary alicyclic amines) is 1. The molecule has 1 saturated heterocycles. The van der Waals surface area contributed by atoms with Crippen molar-refractivity contribution in [3.8, 4) is 0 Å². The lowest BCUT2D eigenvalue weighted by atomic mass is 10.1. The van der Waals surface area contributed by atoms with Gasteiger partial charge >= 0.3 is 0 Å². The fraction of sp³-hybridized carbons (Fsp3) is 0.875. The standard InChI is InChI=1S/C8H16N2O2/c1-7(11)9-8-3-5-10(2,12)6-4-8/h8H,3-6H2,1-2H3,(H,9,11). The molecule has 1 aliphatic heterocycles. The zero-order valence-electron chi connectivity index (χ0n) is 7.67. The molecule has 1 fully saturated rings. The Labute approximate surface area is 72.7 Å². The van der Waals surface area contributed by atoms with Gasteiger partial charge in [-0.1, -0.05) is 0 Å². The molecule has 0 spiro atoms. The van der Waals surface area contributed by atoms with Gasteiger partial charge in [-0.15, -0.1) is 0 Å². The molecule has 0 aliphatic carbocycles. The molecule has 0 aromatic heterocycles. The Bertz CT molecular complexity index is 170. The van der Waals surface area contributed by atoms with Gasteiger partial charge in [0.1, 0.15) is 0 Å². The number of amides is 1. The second-order valence-electron chi connectivity index (χ2n) is 3.72. The minimum atomic E-state index is -0.157. The molecule has 0 atom stereocenters. The van der Waals surface area contributed by atoms with Gasteiger partial charge in [-0.3, -0.25) is 4.79 Å². The number of nitrogens with one attached hydrogen (secondary N) is 1. The third-order valence-electron chi connectivity index (χ3n) is 2.31. The van der Waals surface area contributed by atoms with Crippen molar-refractivity contribution < 1.29 is 9.44 Å². The summed E-state index contributed by atoms with van der Waals surface area (Å²) in [6.45, 7) is 2.75. The second-order valence-corrected chi connectivity index (χ2v) is 3.72. The van der Waals surface area contributed by atoms with E-state index in [9.17, 15) is 10.0 Å². The van der Waals surface area contributed by atoms with Crippen LogP contribution in [0.25, 0.3) is 0 Å². The van der Waals surface area contributed by atoms with Crippen LogP contribution in [0.15, 0.2) is 0 Å². The summed E-state index contributed by atoms with van der Waals surface area (Å²) < 4.78 is -0.157. The quantitative estimate of drug-likeness (QED) is 0.454. The van der Waals surface area contributed by atoms with Gasteiger partial charge in [0.25, 0.3) is 0 Å². The minimum Gasteiger partial charge on any atom is -0.633 e. The Morgan fingerprint density at radius 3 is 2.42 bits per heavy atom. The highest BCUT2D eigenvalue weighted by Crippen LogP contribution is 2.14. The maximum absolute atomic E-state index is 11.4. The first-order valence-electron chi connectivity index (χ1n) is 4.32. The van der Waals surface area contributed by atoms with Crippen molar-refractivity contribution in [1.82, 2.24) is 5.32 Å². The SMILES string of the molecule is CC(=O)NC1CC[N+](C)([O-])CC1. The maximum atomic E-state index is 11.4. The minimum absolute atomic E-state index is 0.00185. The molecule has 12 heavy (non-hydrogen) atoms. The first kappa shape index (κ1) is 9.48. The van der Waals surface area contributed by atoms with Gasteiger partial charge in [0.05, 0.1) is 20.1 Å². The number of piperidine rings is 1. The third kappa shape index (κ3) is 2.79. The Morgan fingerprint density at radius 2 is 2.00 bits per heavy atom. The van der Waals surface area contributed by atoms with Crippen LogP contribution in [-0.2, 0) is 4.79 Å². The summed E-state index contributed by atoms with van der Waals surface area (Å²) in [5.41, 5.74) is 0. The highest BCUT2D eigenvalue weighted by Gasteiger charge is 2.23. The van der Waals surface area contributed by atoms with Crippen molar-refractivity contribution in [2.75, 3.05) is 20.1 Å². The first-order valence-corrected chi connectivity index (χ1v) is 4.32. The molecule has 0 saturated carbocycles. The van der Waals surface area contributed by atoms with E-state index in [-0.39, 0.29) is 16.6 Å². The first-order chi connectivity index (χ1) is 5.49. The van der Waals surface area contributed by atoms with E-state index < -0.39 is 0 Å². The Morgan fingerprint density at radius 1 is 1.50 bits per heavy atom. The van der Waals surface area contributed by atoms with Crippen molar-refractivity contribution in [2.45, 2.75) is 25.8 Å². The molecular weight excluding hydrogens is 156 g/mol. The van der Waals surface area contributed by atoms with E-state index in [4.69, 9.17) is 0 Å². The van der Waals surface area contributed by atoms with Gasteiger partial charge in [-0.05, 0) is 0 Å². The van der Waals surface area contributed by atoms with Crippen LogP contribution < -0.4 is 5.32 Å². The Hall–Kier alpha value is -0.610. The lowest BCUT2D eigenvalue weighted by molar-refractivity contribution is -0.866. The average molecular weight is 172 g/mol. The summed E-state index contributed by atoms with van der Waals surface area (Å²) in [5, 5.41) is 14.2. The largest absolute Gasteiger partial charge is 0.633 e. The molecule has 4 nitrogen and oxygen atoms in total. The predicted molar refractivity (Wildman–Crippen MR) is 46.1 cm³/mol. The molecule has 0 unspecified atom stereocenters. The maximum Gasteiger partial charge on any atom is 0.217 e. The van der Waals surface area contributed by atoms with E-state index in [1.54, 1.807) is 7.05 Å². The number of hydrogen-bond acceptors (Lipinski definition) is 2. The van der Waals surface area contributed by atoms with Crippen LogP contribution in [0.2, 0.25) is 0 Å². The predicted octanol–water partition coefficient (Wildman–Crippen LogP) is 0.229. The molecule has 0 bridgehead atoms. The number of rotatable bonds is 1. The van der Waals surface area contributed by atoms with E-state index in [0.29, 0.717) is 13.1 Å². The van der Waals surface area contributed by atoms with Crippen molar-refractivity contribution in [3.63, 3.8) is 0 Å². The van der Waals surface area contributed by atoms with Crippen LogP contribution in [0.5, 0.6) is 0 Å². The Kier molecular flexibility index (Phi) is 2.69. The lowest BCUT2D eigenvalue weighted by Gasteiger charge is -2.44. The normalized spacial score (nSPS) is 36.1. The number of nitrogens with zero attached hydrogens (tertiary/aromatic N) is 1. The number of carbonyl (C=O) groups is 1. The van der Waals surface area contributed by atoms with Crippen LogP contribution >= 0.6 is 0 Å². The summed E-state index contributed by atoms with van der Waals surface area (Å²) in [6.07, 6.45) is 1.61. The zero-order chi connectivity index (χ0) is 9.19. The van der Waals surface area contributed by atoms with Gasteiger partial charge in [0.15, 0.2) is 0 Å². The second kappa shape index (κ2) is 3.41. The molecule has 70 valence electrons. The topological polar surface area (TPSA) is 52.2 Å². The molecule has 1 amide bonds. The van der Waals surface area contributed by atoms with Gasteiger partial charge in [-0.25, -0.2) is 0 Å². The fourth-order valence-corrected chi connectivity index (χ4v) is 1.55. The van der Waals surface area contributed by atoms with Crippen LogP contribution in [0.1, 0.15) is 19.8 Å². The average Bonchev–Trinajstić information content (AvgIpc) is 1.93. The number of hydrogen-bond donors (Lipinski definition) is 1. The van der Waals surface area contributed by atoms with Crippen LogP contribution in [-0.4, -0.2) is 36.7 Å².